The van der Waals surface area contributed by atoms with Crippen LogP contribution in [0.4, 0.5) is 0 Å². The molecule has 96 valence electrons. The first-order valence-electron chi connectivity index (χ1n) is 4.67. The third-order valence-corrected chi connectivity index (χ3v) is 3.67. The number of benzene rings is 2. The molecular weight excluding hydrogens is 280 g/mol. The molecule has 0 aliphatic rings. The Morgan fingerprint density at radius 3 is 2.44 bits per heavy atom. The van der Waals surface area contributed by atoms with Crippen molar-refractivity contribution in [1.29, 1.82) is 0 Å². The molecule has 8 heteroatoms. The van der Waals surface area contributed by atoms with Crippen LogP contribution in [0.5, 0.6) is 0 Å². The van der Waals surface area contributed by atoms with Crippen LogP contribution in [-0.2, 0) is 19.5 Å². The molecule has 0 saturated carbocycles. The second-order valence-electron chi connectivity index (χ2n) is 3.37. The summed E-state index contributed by atoms with van der Waals surface area (Å²) in [5.74, 6) is 0. The molecule has 2 N–H and O–H groups in total. The van der Waals surface area contributed by atoms with Crippen molar-refractivity contribution in [2.75, 3.05) is 0 Å². The molecule has 0 aromatic heterocycles. The van der Waals surface area contributed by atoms with Gasteiger partial charge in [0.15, 0.2) is 0 Å². The van der Waals surface area contributed by atoms with E-state index in [0.717, 1.165) is 17.4 Å². The summed E-state index contributed by atoms with van der Waals surface area (Å²) in [6.07, 6.45) is 0. The molecule has 2 aromatic carbocycles. The number of hydrogen-bond acceptors (Lipinski definition) is 6. The van der Waals surface area contributed by atoms with Gasteiger partial charge in [-0.15, -0.1) is 4.33 Å². The zero-order valence-corrected chi connectivity index (χ0v) is 10.4. The average Bonchev–Trinajstić information content (AvgIpc) is 2.34. The van der Waals surface area contributed by atoms with Crippen molar-refractivity contribution in [3.8, 4) is 0 Å². The maximum absolute atomic E-state index is 11.0. The summed E-state index contributed by atoms with van der Waals surface area (Å²) in [5, 5.41) is 12.9. The maximum Gasteiger partial charge on any atom is 0.294 e. The van der Waals surface area contributed by atoms with E-state index in [4.69, 9.17) is 9.81 Å². The fourth-order valence-electron chi connectivity index (χ4n) is 1.47. The SMILES string of the molecule is O=S(=O)(O)c1ccc2ccc(SOOO)cc2c1. The molecule has 0 aliphatic carbocycles. The number of fused-ring (bicyclic) bond motifs is 1. The summed E-state index contributed by atoms with van der Waals surface area (Å²) in [7, 11) is -4.23. The van der Waals surface area contributed by atoms with Crippen molar-refractivity contribution in [2.45, 2.75) is 9.79 Å². The van der Waals surface area contributed by atoms with E-state index in [-0.39, 0.29) is 4.90 Å². The molecule has 6 nitrogen and oxygen atoms in total. The third kappa shape index (κ3) is 2.99. The highest BCUT2D eigenvalue weighted by molar-refractivity contribution is 7.94. The van der Waals surface area contributed by atoms with Gasteiger partial charge < -0.3 is 0 Å². The zero-order chi connectivity index (χ0) is 13.2. The Labute approximate surface area is 107 Å². The van der Waals surface area contributed by atoms with Gasteiger partial charge in [0, 0.05) is 4.90 Å². The van der Waals surface area contributed by atoms with Crippen LogP contribution in [0.15, 0.2) is 46.2 Å². The molecule has 0 atom stereocenters. The first-order valence-corrected chi connectivity index (χ1v) is 6.85. The highest BCUT2D eigenvalue weighted by Crippen LogP contribution is 2.26. The predicted octanol–water partition coefficient (Wildman–Crippen LogP) is 2.51. The third-order valence-electron chi connectivity index (χ3n) is 2.24. The van der Waals surface area contributed by atoms with Gasteiger partial charge in [-0.05, 0) is 35.0 Å². The molecule has 2 aromatic rings. The standard InChI is InChI=1S/C10H8O6S2/c11-15-16-17-9-3-1-7-2-4-10(18(12,13)14)6-8(7)5-9/h1-6,11H,(H,12,13,14). The second kappa shape index (κ2) is 5.22. The Balaban J connectivity index is 2.46. The van der Waals surface area contributed by atoms with E-state index in [9.17, 15) is 8.42 Å². The minimum absolute atomic E-state index is 0.184. The first-order chi connectivity index (χ1) is 8.50. The molecule has 0 unspecified atom stereocenters. The first kappa shape index (κ1) is 13.3. The van der Waals surface area contributed by atoms with Gasteiger partial charge in [0.1, 0.15) is 0 Å². The van der Waals surface area contributed by atoms with Gasteiger partial charge >= 0.3 is 0 Å². The predicted molar refractivity (Wildman–Crippen MR) is 64.4 cm³/mol. The van der Waals surface area contributed by atoms with Gasteiger partial charge in [0.05, 0.1) is 16.9 Å². The summed E-state index contributed by atoms with van der Waals surface area (Å²) < 4.78 is 35.2. The Bertz CT molecular complexity index is 667. The van der Waals surface area contributed by atoms with Crippen LogP contribution < -0.4 is 0 Å². The van der Waals surface area contributed by atoms with Crippen molar-refractivity contribution >= 4 is 32.9 Å². The van der Waals surface area contributed by atoms with E-state index in [0.29, 0.717) is 10.3 Å². The normalized spacial score (nSPS) is 11.9. The van der Waals surface area contributed by atoms with Crippen LogP contribution in [0.1, 0.15) is 0 Å². The molecule has 0 radical (unpaired) electrons. The minimum atomic E-state index is -4.23. The van der Waals surface area contributed by atoms with E-state index < -0.39 is 10.1 Å². The van der Waals surface area contributed by atoms with Gasteiger partial charge in [-0.25, -0.2) is 5.26 Å². The summed E-state index contributed by atoms with van der Waals surface area (Å²) in [6, 6.07) is 9.32. The Morgan fingerprint density at radius 1 is 1.06 bits per heavy atom. The monoisotopic (exact) mass is 288 g/mol. The van der Waals surface area contributed by atoms with E-state index in [1.807, 2.05) is 0 Å². The molecule has 0 saturated heterocycles. The second-order valence-corrected chi connectivity index (χ2v) is 5.57. The summed E-state index contributed by atoms with van der Waals surface area (Å²) in [6.45, 7) is 0. The molecule has 0 amide bonds. The number of hydrogen-bond donors (Lipinski definition) is 2. The van der Waals surface area contributed by atoms with E-state index in [1.54, 1.807) is 24.3 Å². The van der Waals surface area contributed by atoms with Gasteiger partial charge in [-0.3, -0.25) is 4.55 Å². The van der Waals surface area contributed by atoms with E-state index in [2.05, 4.69) is 9.37 Å². The average molecular weight is 288 g/mol. The summed E-state index contributed by atoms with van der Waals surface area (Å²) in [4.78, 5) is 0.417. The maximum atomic E-state index is 11.0. The summed E-state index contributed by atoms with van der Waals surface area (Å²) >= 11 is 0.764. The topological polar surface area (TPSA) is 93.1 Å². The van der Waals surface area contributed by atoms with Crippen molar-refractivity contribution in [2.24, 2.45) is 0 Å². The van der Waals surface area contributed by atoms with Crippen molar-refractivity contribution in [3.05, 3.63) is 36.4 Å². The molecule has 0 spiro atoms. The van der Waals surface area contributed by atoms with Crippen molar-refractivity contribution < 1.29 is 27.6 Å². The quantitative estimate of drug-likeness (QED) is 0.386. The van der Waals surface area contributed by atoms with Gasteiger partial charge in [-0.1, -0.05) is 17.2 Å². The molecule has 18 heavy (non-hydrogen) atoms. The fraction of sp³-hybridized carbons (Fsp3) is 0. The van der Waals surface area contributed by atoms with Gasteiger partial charge in [0.2, 0.25) is 0 Å². The van der Waals surface area contributed by atoms with Crippen LogP contribution in [-0.4, -0.2) is 18.2 Å². The highest BCUT2D eigenvalue weighted by atomic mass is 32.2. The molecule has 0 fully saturated rings. The zero-order valence-electron chi connectivity index (χ0n) is 8.81. The Morgan fingerprint density at radius 2 is 1.78 bits per heavy atom. The van der Waals surface area contributed by atoms with Crippen LogP contribution in [0, 0.1) is 0 Å². The lowest BCUT2D eigenvalue weighted by atomic mass is 10.1. The van der Waals surface area contributed by atoms with E-state index >= 15 is 0 Å². The molecule has 2 rings (SSSR count). The smallest absolute Gasteiger partial charge is 0.282 e. The molecular formula is C10H8O6S2. The number of rotatable bonds is 4. The van der Waals surface area contributed by atoms with Gasteiger partial charge in [0.25, 0.3) is 10.1 Å². The van der Waals surface area contributed by atoms with Crippen LogP contribution in [0.3, 0.4) is 0 Å². The molecule has 0 aliphatic heterocycles. The van der Waals surface area contributed by atoms with Crippen molar-refractivity contribution in [1.82, 2.24) is 0 Å². The van der Waals surface area contributed by atoms with E-state index in [1.165, 1.54) is 12.1 Å². The lowest BCUT2D eigenvalue weighted by Crippen LogP contribution is -1.97. The minimum Gasteiger partial charge on any atom is -0.282 e. The Hall–Kier alpha value is -1.16. The fourth-order valence-corrected chi connectivity index (χ4v) is 2.39. The lowest BCUT2D eigenvalue weighted by molar-refractivity contribution is -0.432. The Kier molecular flexibility index (Phi) is 3.85. The lowest BCUT2D eigenvalue weighted by Gasteiger charge is -2.03. The highest BCUT2D eigenvalue weighted by Gasteiger charge is 2.10. The molecule has 0 heterocycles. The van der Waals surface area contributed by atoms with Crippen LogP contribution in [0.2, 0.25) is 0 Å². The largest absolute Gasteiger partial charge is 0.294 e. The van der Waals surface area contributed by atoms with Gasteiger partial charge in [-0.2, -0.15) is 8.42 Å². The van der Waals surface area contributed by atoms with Crippen LogP contribution in [0.25, 0.3) is 10.8 Å². The summed E-state index contributed by atoms with van der Waals surface area (Å²) in [5.41, 5.74) is 0. The van der Waals surface area contributed by atoms with Crippen molar-refractivity contribution in [3.63, 3.8) is 0 Å². The molecule has 0 bridgehead atoms. The van der Waals surface area contributed by atoms with Crippen LogP contribution >= 0.6 is 12.0 Å².